The minimum atomic E-state index is -1.37. The highest BCUT2D eigenvalue weighted by atomic mass is 28.3. The van der Waals surface area contributed by atoms with Crippen LogP contribution in [0.4, 0.5) is 10.7 Å². The van der Waals surface area contributed by atoms with Gasteiger partial charge in [0, 0.05) is 33.3 Å². The Labute approximate surface area is 241 Å². The van der Waals surface area contributed by atoms with Crippen LogP contribution in [0.15, 0.2) is 18.2 Å². The summed E-state index contributed by atoms with van der Waals surface area (Å²) in [6.07, 6.45) is -0.225. The van der Waals surface area contributed by atoms with Crippen LogP contribution in [0.5, 0.6) is 0 Å². The van der Waals surface area contributed by atoms with Gasteiger partial charge in [0.05, 0.1) is 22.3 Å². The molecule has 41 heavy (non-hydrogen) atoms. The summed E-state index contributed by atoms with van der Waals surface area (Å²) in [7, 11) is -1.37. The van der Waals surface area contributed by atoms with Crippen LogP contribution in [0, 0.1) is 18.8 Å². The second kappa shape index (κ2) is 13.5. The Bertz CT molecular complexity index is 1490. The molecule has 0 aliphatic carbocycles. The van der Waals surface area contributed by atoms with Gasteiger partial charge in [-0.1, -0.05) is 38.4 Å². The van der Waals surface area contributed by atoms with Crippen molar-refractivity contribution in [2.45, 2.75) is 66.0 Å². The van der Waals surface area contributed by atoms with Crippen LogP contribution in [0.1, 0.15) is 52.4 Å². The van der Waals surface area contributed by atoms with Gasteiger partial charge in [-0.25, -0.2) is 9.78 Å². The van der Waals surface area contributed by atoms with E-state index in [0.717, 1.165) is 18.2 Å². The number of benzene rings is 1. The van der Waals surface area contributed by atoms with Crippen LogP contribution in [-0.2, 0) is 22.6 Å². The molecule has 0 aliphatic heterocycles. The minimum Gasteiger partial charge on any atom is -0.437 e. The van der Waals surface area contributed by atoms with E-state index in [1.165, 1.54) is 4.90 Å². The summed E-state index contributed by atoms with van der Waals surface area (Å²) >= 11 is 0. The first-order chi connectivity index (χ1) is 19.4. The molecular formula is C28H39N7O5Si. The molecule has 2 heterocycles. The molecule has 3 rings (SSSR count). The summed E-state index contributed by atoms with van der Waals surface area (Å²) in [6.45, 7) is 13.8. The largest absolute Gasteiger partial charge is 0.437 e. The van der Waals surface area contributed by atoms with E-state index >= 15 is 0 Å². The fraction of sp³-hybridized carbons (Fsp3) is 0.464. The Morgan fingerprint density at radius 1 is 1.12 bits per heavy atom. The van der Waals surface area contributed by atoms with Gasteiger partial charge in [0.2, 0.25) is 11.9 Å². The van der Waals surface area contributed by atoms with Crippen molar-refractivity contribution in [2.75, 3.05) is 24.8 Å². The smallest absolute Gasteiger partial charge is 0.405 e. The molecule has 0 atom stereocenters. The molecule has 0 aliphatic rings. The molecule has 0 bridgehead atoms. The number of rotatable bonds is 12. The van der Waals surface area contributed by atoms with Crippen molar-refractivity contribution in [3.63, 3.8) is 0 Å². The Balaban J connectivity index is 2.20. The summed E-state index contributed by atoms with van der Waals surface area (Å²) in [6, 6.07) is 5.81. The first kappa shape index (κ1) is 31.4. The number of carbonyl (C=O) groups is 3. The Kier molecular flexibility index (Phi) is 10.3. The van der Waals surface area contributed by atoms with E-state index < -0.39 is 20.1 Å². The zero-order valence-corrected chi connectivity index (χ0v) is 25.6. The third-order valence-corrected chi connectivity index (χ3v) is 7.89. The summed E-state index contributed by atoms with van der Waals surface area (Å²) < 4.78 is 14.3. The van der Waals surface area contributed by atoms with Gasteiger partial charge in [0.1, 0.15) is 12.4 Å². The molecule has 3 amide bonds. The SMILES string of the molecule is CCCn1c(N(COCC[Si](C)(C)C)C(=O)c2cc(C)nn2CC)nc2cc(C(N)=O)cc(C#CCOC(N)=O)c21. The molecule has 0 saturated carbocycles. The van der Waals surface area contributed by atoms with Gasteiger partial charge < -0.3 is 25.5 Å². The molecule has 2 aromatic heterocycles. The summed E-state index contributed by atoms with van der Waals surface area (Å²) in [4.78, 5) is 43.5. The third kappa shape index (κ3) is 7.96. The molecule has 1 aromatic carbocycles. The van der Waals surface area contributed by atoms with Crippen LogP contribution in [0.3, 0.4) is 0 Å². The minimum absolute atomic E-state index is 0.0273. The van der Waals surface area contributed by atoms with Crippen LogP contribution < -0.4 is 16.4 Å². The van der Waals surface area contributed by atoms with Crippen molar-refractivity contribution in [1.82, 2.24) is 19.3 Å². The van der Waals surface area contributed by atoms with Crippen molar-refractivity contribution >= 4 is 43.0 Å². The Morgan fingerprint density at radius 2 is 1.85 bits per heavy atom. The fourth-order valence-corrected chi connectivity index (χ4v) is 4.97. The van der Waals surface area contributed by atoms with Crippen molar-refractivity contribution in [3.8, 4) is 11.8 Å². The molecule has 0 spiro atoms. The van der Waals surface area contributed by atoms with Crippen molar-refractivity contribution in [1.29, 1.82) is 0 Å². The Hall–Kier alpha value is -4.15. The zero-order chi connectivity index (χ0) is 30.3. The van der Waals surface area contributed by atoms with Gasteiger partial charge >= 0.3 is 6.09 Å². The average Bonchev–Trinajstić information content (AvgIpc) is 3.45. The van der Waals surface area contributed by atoms with Crippen LogP contribution in [0.25, 0.3) is 11.0 Å². The quantitative estimate of drug-likeness (QED) is 0.143. The summed E-state index contributed by atoms with van der Waals surface area (Å²) in [5.41, 5.74) is 13.5. The van der Waals surface area contributed by atoms with Crippen LogP contribution in [-0.4, -0.2) is 65.3 Å². The molecule has 0 radical (unpaired) electrons. The lowest BCUT2D eigenvalue weighted by Crippen LogP contribution is -2.37. The number of aryl methyl sites for hydroxylation is 3. The molecule has 0 unspecified atom stereocenters. The summed E-state index contributed by atoms with van der Waals surface area (Å²) in [5.74, 6) is 5.07. The lowest BCUT2D eigenvalue weighted by molar-refractivity contribution is 0.0884. The highest BCUT2D eigenvalue weighted by molar-refractivity contribution is 6.76. The monoisotopic (exact) mass is 581 g/mol. The predicted octanol–water partition coefficient (Wildman–Crippen LogP) is 3.48. The molecule has 3 aromatic rings. The van der Waals surface area contributed by atoms with E-state index in [1.807, 2.05) is 25.3 Å². The molecule has 4 N–H and O–H groups in total. The molecular weight excluding hydrogens is 542 g/mol. The van der Waals surface area contributed by atoms with E-state index in [0.29, 0.717) is 47.9 Å². The molecule has 220 valence electrons. The summed E-state index contributed by atoms with van der Waals surface area (Å²) in [5, 5.41) is 4.45. The van der Waals surface area contributed by atoms with E-state index in [2.05, 4.69) is 36.6 Å². The number of primary amides is 2. The van der Waals surface area contributed by atoms with Gasteiger partial charge in [-0.3, -0.25) is 19.2 Å². The average molecular weight is 582 g/mol. The van der Waals surface area contributed by atoms with Crippen molar-refractivity contribution in [2.24, 2.45) is 11.5 Å². The molecule has 0 saturated heterocycles. The van der Waals surface area contributed by atoms with Crippen molar-refractivity contribution in [3.05, 3.63) is 40.7 Å². The predicted molar refractivity (Wildman–Crippen MR) is 159 cm³/mol. The van der Waals surface area contributed by atoms with E-state index in [1.54, 1.807) is 22.9 Å². The number of nitrogens with zero attached hydrogens (tertiary/aromatic N) is 5. The lowest BCUT2D eigenvalue weighted by Gasteiger charge is -2.24. The standard InChI is InChI=1S/C28H39N7O5Si/c1-7-11-33-24-20(10-9-12-40-27(30)38)16-21(25(29)36)17-22(24)31-28(33)34(18-39-13-14-41(4,5)6)26(37)23-15-19(3)32-35(23)8-2/h15-17H,7-8,11-14,18H2,1-6H3,(H2,29,36)(H2,30,38). The maximum Gasteiger partial charge on any atom is 0.405 e. The second-order valence-electron chi connectivity index (χ2n) is 10.8. The molecule has 12 nitrogen and oxygen atoms in total. The van der Waals surface area contributed by atoms with E-state index in [-0.39, 0.29) is 24.8 Å². The highest BCUT2D eigenvalue weighted by Crippen LogP contribution is 2.29. The zero-order valence-electron chi connectivity index (χ0n) is 24.6. The van der Waals surface area contributed by atoms with Gasteiger partial charge in [-0.2, -0.15) is 5.10 Å². The number of anilines is 1. The maximum atomic E-state index is 14.1. The number of carbonyl (C=O) groups excluding carboxylic acids is 3. The van der Waals surface area contributed by atoms with Crippen molar-refractivity contribution < 1.29 is 23.9 Å². The number of imidazole rings is 1. The van der Waals surface area contributed by atoms with Gasteiger partial charge in [-0.05, 0) is 44.5 Å². The van der Waals surface area contributed by atoms with Gasteiger partial charge in [0.15, 0.2) is 6.61 Å². The lowest BCUT2D eigenvalue weighted by atomic mass is 10.1. The fourth-order valence-electron chi connectivity index (χ4n) is 4.21. The second-order valence-corrected chi connectivity index (χ2v) is 16.4. The normalized spacial score (nSPS) is 11.3. The third-order valence-electron chi connectivity index (χ3n) is 6.19. The first-order valence-electron chi connectivity index (χ1n) is 13.6. The highest BCUT2D eigenvalue weighted by Gasteiger charge is 2.28. The number of nitrogens with two attached hydrogens (primary N) is 2. The molecule has 0 fully saturated rings. The maximum absolute atomic E-state index is 14.1. The number of hydrogen-bond acceptors (Lipinski definition) is 7. The van der Waals surface area contributed by atoms with E-state index in [9.17, 15) is 14.4 Å². The topological polar surface area (TPSA) is 161 Å². The van der Waals surface area contributed by atoms with Crippen LogP contribution >= 0.6 is 0 Å². The van der Waals surface area contributed by atoms with E-state index in [4.69, 9.17) is 25.9 Å². The molecule has 13 heteroatoms. The number of aromatic nitrogens is 4. The number of hydrogen-bond donors (Lipinski definition) is 2. The van der Waals surface area contributed by atoms with Crippen LogP contribution in [0.2, 0.25) is 25.7 Å². The van der Waals surface area contributed by atoms with Gasteiger partial charge in [-0.15, -0.1) is 0 Å². The first-order valence-corrected chi connectivity index (χ1v) is 17.3. The van der Waals surface area contributed by atoms with Gasteiger partial charge in [0.25, 0.3) is 5.91 Å². The number of amides is 3. The number of fused-ring (bicyclic) bond motifs is 1. The number of ether oxygens (including phenoxy) is 2. The Morgan fingerprint density at radius 3 is 2.46 bits per heavy atom.